The molecule has 3 aromatic carbocycles. The summed E-state index contributed by atoms with van der Waals surface area (Å²) >= 11 is 0. The molecule has 0 radical (unpaired) electrons. The van der Waals surface area contributed by atoms with Crippen LogP contribution in [-0.2, 0) is 10.8 Å². The van der Waals surface area contributed by atoms with Gasteiger partial charge in [-0.1, -0.05) is 84.4 Å². The van der Waals surface area contributed by atoms with E-state index in [4.69, 9.17) is 14.8 Å². The van der Waals surface area contributed by atoms with E-state index in [0.29, 0.717) is 11.8 Å². The predicted molar refractivity (Wildman–Crippen MR) is 199 cm³/mol. The van der Waals surface area contributed by atoms with Gasteiger partial charge in [0.2, 0.25) is 0 Å². The molecule has 0 amide bonds. The lowest BCUT2D eigenvalue weighted by atomic mass is 9.72. The molecule has 3 heterocycles. The van der Waals surface area contributed by atoms with Gasteiger partial charge in [-0.25, -0.2) is 9.67 Å². The van der Waals surface area contributed by atoms with Crippen LogP contribution in [0.2, 0.25) is 0 Å². The highest BCUT2D eigenvalue weighted by Crippen LogP contribution is 2.45. The zero-order valence-corrected chi connectivity index (χ0v) is 29.9. The Labute approximate surface area is 285 Å². The van der Waals surface area contributed by atoms with Gasteiger partial charge in [0, 0.05) is 46.0 Å². The number of pyridine rings is 1. The molecule has 0 bridgehead atoms. The normalized spacial score (nSPS) is 17.2. The van der Waals surface area contributed by atoms with Crippen LogP contribution in [-0.4, -0.2) is 19.3 Å². The lowest BCUT2D eigenvalue weighted by molar-refractivity contribution is 0.437. The SMILES string of the molecule is CC1=CCC[C@H](C)[C@@H]1c1c(C)nn(-c2cccc(Oc3ccc4c5ccccc5n(-c5cc(C(C)(C)C)ccn5)c4c3)c2)c1C(C)(C)C. The molecule has 5 nitrogen and oxygen atoms in total. The van der Waals surface area contributed by atoms with Gasteiger partial charge >= 0.3 is 0 Å². The maximum absolute atomic E-state index is 6.64. The molecular formula is C43H48N4O. The van der Waals surface area contributed by atoms with E-state index in [-0.39, 0.29) is 10.8 Å². The van der Waals surface area contributed by atoms with Gasteiger partial charge in [0.1, 0.15) is 17.3 Å². The largest absolute Gasteiger partial charge is 0.457 e. The maximum Gasteiger partial charge on any atom is 0.137 e. The average Bonchev–Trinajstić information content (AvgIpc) is 3.55. The van der Waals surface area contributed by atoms with E-state index in [9.17, 15) is 0 Å². The standard InChI is InChI=1S/C43H48N4O/c1-27-14-12-15-28(2)39(27)40-29(3)45-47(41(40)43(7,8)9)31-16-13-17-32(25-31)48-33-20-21-35-34-18-10-11-19-36(34)46(37(35)26-33)38-24-30(22-23-44-38)42(4,5)6/h10-11,13-14,16-26,28,39H,12,15H2,1-9H3/t28-,39+/m0/s1. The summed E-state index contributed by atoms with van der Waals surface area (Å²) in [4.78, 5) is 4.84. The van der Waals surface area contributed by atoms with Crippen molar-refractivity contribution in [1.29, 1.82) is 0 Å². The van der Waals surface area contributed by atoms with Gasteiger partial charge in [0.15, 0.2) is 0 Å². The lowest BCUT2D eigenvalue weighted by Crippen LogP contribution is -2.24. The smallest absolute Gasteiger partial charge is 0.137 e. The first-order valence-corrected chi connectivity index (χ1v) is 17.4. The quantitative estimate of drug-likeness (QED) is 0.177. The molecule has 246 valence electrons. The lowest BCUT2D eigenvalue weighted by Gasteiger charge is -2.32. The van der Waals surface area contributed by atoms with Crippen molar-refractivity contribution < 1.29 is 4.74 Å². The number of nitrogens with zero attached hydrogens (tertiary/aromatic N) is 4. The third-order valence-electron chi connectivity index (χ3n) is 10.1. The van der Waals surface area contributed by atoms with Crippen molar-refractivity contribution >= 4 is 21.8 Å². The van der Waals surface area contributed by atoms with Crippen LogP contribution in [0.15, 0.2) is 96.7 Å². The third-order valence-corrected chi connectivity index (χ3v) is 10.1. The summed E-state index contributed by atoms with van der Waals surface area (Å²) in [6, 6.07) is 27.6. The maximum atomic E-state index is 6.64. The second-order valence-corrected chi connectivity index (χ2v) is 15.8. The Morgan fingerprint density at radius 3 is 2.27 bits per heavy atom. The Morgan fingerprint density at radius 1 is 0.771 bits per heavy atom. The van der Waals surface area contributed by atoms with Gasteiger partial charge in [0.05, 0.1) is 28.1 Å². The fraction of sp³-hybridized carbons (Fsp3) is 0.349. The second-order valence-electron chi connectivity index (χ2n) is 15.8. The Morgan fingerprint density at radius 2 is 1.52 bits per heavy atom. The molecule has 1 aliphatic rings. The second kappa shape index (κ2) is 11.8. The first-order valence-electron chi connectivity index (χ1n) is 17.4. The van der Waals surface area contributed by atoms with E-state index in [2.05, 4.69) is 150 Å². The van der Waals surface area contributed by atoms with E-state index in [1.165, 1.54) is 39.6 Å². The molecule has 48 heavy (non-hydrogen) atoms. The van der Waals surface area contributed by atoms with E-state index in [0.717, 1.165) is 46.2 Å². The van der Waals surface area contributed by atoms with Gasteiger partial charge in [-0.05, 0) is 86.1 Å². The molecule has 6 aromatic rings. The van der Waals surface area contributed by atoms with Crippen molar-refractivity contribution in [1.82, 2.24) is 19.3 Å². The van der Waals surface area contributed by atoms with Crippen LogP contribution < -0.4 is 4.74 Å². The Kier molecular flexibility index (Phi) is 7.85. The van der Waals surface area contributed by atoms with Crippen molar-refractivity contribution in [2.45, 2.75) is 91.9 Å². The van der Waals surface area contributed by atoms with Gasteiger partial charge in [-0.2, -0.15) is 5.10 Å². The highest BCUT2D eigenvalue weighted by molar-refractivity contribution is 6.09. The number of benzene rings is 3. The van der Waals surface area contributed by atoms with Gasteiger partial charge in [-0.15, -0.1) is 0 Å². The fourth-order valence-corrected chi connectivity index (χ4v) is 7.73. The van der Waals surface area contributed by atoms with Gasteiger partial charge in [0.25, 0.3) is 0 Å². The van der Waals surface area contributed by atoms with Crippen LogP contribution in [0.5, 0.6) is 11.5 Å². The molecule has 0 spiro atoms. The number of rotatable bonds is 5. The predicted octanol–water partition coefficient (Wildman–Crippen LogP) is 11.5. The first kappa shape index (κ1) is 31.9. The molecule has 2 atom stereocenters. The highest BCUT2D eigenvalue weighted by Gasteiger charge is 2.35. The Balaban J connectivity index is 1.31. The molecule has 1 aliphatic carbocycles. The molecule has 5 heteroatoms. The highest BCUT2D eigenvalue weighted by atomic mass is 16.5. The minimum absolute atomic E-state index is 0.0145. The van der Waals surface area contributed by atoms with E-state index in [1.807, 2.05) is 12.3 Å². The van der Waals surface area contributed by atoms with Crippen LogP contribution in [0, 0.1) is 12.8 Å². The number of aromatic nitrogens is 4. The van der Waals surface area contributed by atoms with Crippen LogP contribution in [0.4, 0.5) is 0 Å². The summed E-state index contributed by atoms with van der Waals surface area (Å²) in [6.45, 7) is 20.5. The van der Waals surface area contributed by atoms with E-state index >= 15 is 0 Å². The number of hydrogen-bond acceptors (Lipinski definition) is 3. The molecule has 0 saturated carbocycles. The fourth-order valence-electron chi connectivity index (χ4n) is 7.73. The average molecular weight is 637 g/mol. The first-order chi connectivity index (χ1) is 22.8. The number of para-hydroxylation sites is 1. The topological polar surface area (TPSA) is 44.9 Å². The number of aryl methyl sites for hydroxylation is 1. The van der Waals surface area contributed by atoms with Crippen molar-refractivity contribution in [3.63, 3.8) is 0 Å². The number of ether oxygens (including phenoxy) is 1. The Hall–Kier alpha value is -4.64. The van der Waals surface area contributed by atoms with Crippen molar-refractivity contribution in [2.75, 3.05) is 0 Å². The minimum Gasteiger partial charge on any atom is -0.457 e. The van der Waals surface area contributed by atoms with Crippen LogP contribution in [0.1, 0.15) is 96.7 Å². The Bertz CT molecular complexity index is 2180. The van der Waals surface area contributed by atoms with Crippen molar-refractivity contribution in [3.8, 4) is 23.0 Å². The van der Waals surface area contributed by atoms with Crippen LogP contribution >= 0.6 is 0 Å². The molecule has 7 rings (SSSR count). The van der Waals surface area contributed by atoms with Crippen molar-refractivity contribution in [2.24, 2.45) is 5.92 Å². The number of fused-ring (bicyclic) bond motifs is 3. The van der Waals surface area contributed by atoms with Gasteiger partial charge < -0.3 is 4.74 Å². The summed E-state index contributed by atoms with van der Waals surface area (Å²) in [7, 11) is 0. The number of hydrogen-bond donors (Lipinski definition) is 0. The molecular weight excluding hydrogens is 589 g/mol. The zero-order chi connectivity index (χ0) is 34.0. The van der Waals surface area contributed by atoms with Gasteiger partial charge in [-0.3, -0.25) is 4.57 Å². The molecule has 3 aromatic heterocycles. The molecule has 0 aliphatic heterocycles. The summed E-state index contributed by atoms with van der Waals surface area (Å²) in [6.07, 6.45) is 6.72. The molecule has 0 saturated heterocycles. The van der Waals surface area contributed by atoms with Crippen LogP contribution in [0.25, 0.3) is 33.3 Å². The zero-order valence-electron chi connectivity index (χ0n) is 29.9. The third kappa shape index (κ3) is 5.63. The monoisotopic (exact) mass is 636 g/mol. The molecule has 0 unspecified atom stereocenters. The summed E-state index contributed by atoms with van der Waals surface area (Å²) in [5.74, 6) is 3.43. The summed E-state index contributed by atoms with van der Waals surface area (Å²) in [5, 5.41) is 7.56. The van der Waals surface area contributed by atoms with Crippen LogP contribution in [0.3, 0.4) is 0 Å². The van der Waals surface area contributed by atoms with E-state index in [1.54, 1.807) is 0 Å². The number of allylic oxidation sites excluding steroid dienone is 2. The summed E-state index contributed by atoms with van der Waals surface area (Å²) in [5.41, 5.74) is 9.61. The van der Waals surface area contributed by atoms with E-state index < -0.39 is 0 Å². The van der Waals surface area contributed by atoms with Crippen molar-refractivity contribution in [3.05, 3.63) is 119 Å². The molecule has 0 fully saturated rings. The molecule has 0 N–H and O–H groups in total. The summed E-state index contributed by atoms with van der Waals surface area (Å²) < 4.78 is 11.1. The minimum atomic E-state index is -0.0956.